The molecule has 0 radical (unpaired) electrons. The topological polar surface area (TPSA) is 67.9 Å². The van der Waals surface area contributed by atoms with E-state index >= 15 is 0 Å². The second-order valence-corrected chi connectivity index (χ2v) is 7.43. The van der Waals surface area contributed by atoms with Gasteiger partial charge in [-0.15, -0.1) is 0 Å². The highest BCUT2D eigenvalue weighted by Crippen LogP contribution is 2.30. The molecule has 1 fully saturated rings. The van der Waals surface area contributed by atoms with Crippen LogP contribution in [0.4, 0.5) is 0 Å². The van der Waals surface area contributed by atoms with Gasteiger partial charge in [0.15, 0.2) is 11.5 Å². The number of nitrogens with one attached hydrogen (secondary N) is 1. The molecule has 2 aromatic rings. The molecule has 0 aromatic heterocycles. The number of carbonyl (C=O) groups excluding carboxylic acids is 2. The number of methoxy groups -OCH3 is 1. The van der Waals surface area contributed by atoms with Crippen molar-refractivity contribution in [2.45, 2.75) is 32.4 Å². The number of halogens is 1. The van der Waals surface area contributed by atoms with Crippen molar-refractivity contribution in [3.63, 3.8) is 0 Å². The SMILES string of the molecule is COc1cc(C(=O)NCc2ccc(Cl)cc2)ccc1OC1CCN(C(C)=O)CC1. The van der Waals surface area contributed by atoms with Gasteiger partial charge in [-0.2, -0.15) is 0 Å². The number of nitrogens with zero attached hydrogens (tertiary/aromatic N) is 1. The van der Waals surface area contributed by atoms with Gasteiger partial charge in [-0.05, 0) is 35.9 Å². The molecule has 0 bridgehead atoms. The summed E-state index contributed by atoms with van der Waals surface area (Å²) in [6.45, 7) is 3.37. The lowest BCUT2D eigenvalue weighted by atomic mass is 10.1. The molecule has 1 aliphatic heterocycles. The maximum absolute atomic E-state index is 12.5. The van der Waals surface area contributed by atoms with Gasteiger partial charge in [0.25, 0.3) is 5.91 Å². The maximum atomic E-state index is 12.5. The van der Waals surface area contributed by atoms with Crippen molar-refractivity contribution in [2.75, 3.05) is 20.2 Å². The number of amides is 2. The fourth-order valence-electron chi connectivity index (χ4n) is 3.26. The van der Waals surface area contributed by atoms with Crippen LogP contribution in [-0.2, 0) is 11.3 Å². The van der Waals surface area contributed by atoms with E-state index in [0.29, 0.717) is 41.7 Å². The largest absolute Gasteiger partial charge is 0.493 e. The Hall–Kier alpha value is -2.73. The molecular formula is C22H25ClN2O4. The van der Waals surface area contributed by atoms with E-state index in [9.17, 15) is 9.59 Å². The molecule has 1 N–H and O–H groups in total. The Morgan fingerprint density at radius 1 is 1.10 bits per heavy atom. The minimum Gasteiger partial charge on any atom is -0.493 e. The van der Waals surface area contributed by atoms with Crippen molar-refractivity contribution in [3.05, 3.63) is 58.6 Å². The molecule has 2 aromatic carbocycles. The molecule has 2 amide bonds. The number of piperidine rings is 1. The first-order valence-corrected chi connectivity index (χ1v) is 9.97. The second-order valence-electron chi connectivity index (χ2n) is 7.00. The summed E-state index contributed by atoms with van der Waals surface area (Å²) in [5, 5.41) is 3.55. The normalized spacial score (nSPS) is 14.4. The first kappa shape index (κ1) is 21.0. The summed E-state index contributed by atoms with van der Waals surface area (Å²) in [6.07, 6.45) is 1.56. The molecule has 1 saturated heterocycles. The molecule has 0 unspecified atom stereocenters. The van der Waals surface area contributed by atoms with Crippen molar-refractivity contribution in [1.29, 1.82) is 0 Å². The third-order valence-corrected chi connectivity index (χ3v) is 5.23. The summed E-state index contributed by atoms with van der Waals surface area (Å²) < 4.78 is 11.5. The summed E-state index contributed by atoms with van der Waals surface area (Å²) in [5.41, 5.74) is 1.46. The zero-order chi connectivity index (χ0) is 20.8. The van der Waals surface area contributed by atoms with E-state index in [1.165, 1.54) is 0 Å². The van der Waals surface area contributed by atoms with Gasteiger partial charge in [0, 0.05) is 50.0 Å². The molecule has 0 spiro atoms. The summed E-state index contributed by atoms with van der Waals surface area (Å²) in [6, 6.07) is 12.5. The predicted molar refractivity (Wildman–Crippen MR) is 112 cm³/mol. The summed E-state index contributed by atoms with van der Waals surface area (Å²) >= 11 is 5.88. The third-order valence-electron chi connectivity index (χ3n) is 4.97. The molecule has 154 valence electrons. The molecule has 1 heterocycles. The van der Waals surface area contributed by atoms with Gasteiger partial charge < -0.3 is 19.7 Å². The number of benzene rings is 2. The van der Waals surface area contributed by atoms with Gasteiger partial charge in [0.2, 0.25) is 5.91 Å². The van der Waals surface area contributed by atoms with Crippen LogP contribution >= 0.6 is 11.6 Å². The van der Waals surface area contributed by atoms with Gasteiger partial charge in [0.05, 0.1) is 7.11 Å². The summed E-state index contributed by atoms with van der Waals surface area (Å²) in [4.78, 5) is 25.8. The number of hydrogen-bond donors (Lipinski definition) is 1. The molecule has 6 nitrogen and oxygen atoms in total. The van der Waals surface area contributed by atoms with Crippen LogP contribution in [0, 0.1) is 0 Å². The fourth-order valence-corrected chi connectivity index (χ4v) is 3.39. The number of hydrogen-bond acceptors (Lipinski definition) is 4. The maximum Gasteiger partial charge on any atom is 0.251 e. The van der Waals surface area contributed by atoms with E-state index in [-0.39, 0.29) is 17.9 Å². The minimum atomic E-state index is -0.195. The van der Waals surface area contributed by atoms with Crippen LogP contribution in [0.25, 0.3) is 0 Å². The Balaban J connectivity index is 1.60. The molecule has 0 saturated carbocycles. The van der Waals surface area contributed by atoms with Crippen molar-refractivity contribution >= 4 is 23.4 Å². The van der Waals surface area contributed by atoms with Gasteiger partial charge in [-0.1, -0.05) is 23.7 Å². The van der Waals surface area contributed by atoms with E-state index in [2.05, 4.69) is 5.32 Å². The Kier molecular flexibility index (Phi) is 6.99. The summed E-state index contributed by atoms with van der Waals surface area (Å²) in [7, 11) is 1.55. The first-order valence-electron chi connectivity index (χ1n) is 9.59. The van der Waals surface area contributed by atoms with E-state index < -0.39 is 0 Å². The fraction of sp³-hybridized carbons (Fsp3) is 0.364. The molecule has 3 rings (SSSR count). The Morgan fingerprint density at radius 3 is 2.41 bits per heavy atom. The first-order chi connectivity index (χ1) is 14.0. The van der Waals surface area contributed by atoms with Crippen LogP contribution in [0.1, 0.15) is 35.7 Å². The lowest BCUT2D eigenvalue weighted by molar-refractivity contribution is -0.130. The lowest BCUT2D eigenvalue weighted by Gasteiger charge is -2.31. The van der Waals surface area contributed by atoms with Crippen LogP contribution in [0.3, 0.4) is 0 Å². The van der Waals surface area contributed by atoms with Crippen molar-refractivity contribution in [3.8, 4) is 11.5 Å². The zero-order valence-electron chi connectivity index (χ0n) is 16.6. The quantitative estimate of drug-likeness (QED) is 0.780. The highest BCUT2D eigenvalue weighted by molar-refractivity contribution is 6.30. The Morgan fingerprint density at radius 2 is 1.79 bits per heavy atom. The standard InChI is InChI=1S/C22H25ClN2O4/c1-15(26)25-11-9-19(10-12-25)29-20-8-5-17(13-21(20)28-2)22(27)24-14-16-3-6-18(23)7-4-16/h3-8,13,19H,9-12,14H2,1-2H3,(H,24,27). The molecular weight excluding hydrogens is 392 g/mol. The van der Waals surface area contributed by atoms with Crippen LogP contribution in [-0.4, -0.2) is 43.0 Å². The highest BCUT2D eigenvalue weighted by Gasteiger charge is 2.23. The van der Waals surface area contributed by atoms with Gasteiger partial charge >= 0.3 is 0 Å². The van der Waals surface area contributed by atoms with Crippen LogP contribution < -0.4 is 14.8 Å². The monoisotopic (exact) mass is 416 g/mol. The molecule has 0 atom stereocenters. The number of ether oxygens (including phenoxy) is 2. The van der Waals surface area contributed by atoms with Gasteiger partial charge in [-0.3, -0.25) is 9.59 Å². The summed E-state index contributed by atoms with van der Waals surface area (Å²) in [5.74, 6) is 1.01. The van der Waals surface area contributed by atoms with Crippen LogP contribution in [0.5, 0.6) is 11.5 Å². The highest BCUT2D eigenvalue weighted by atomic mass is 35.5. The van der Waals surface area contributed by atoms with E-state index in [0.717, 1.165) is 18.4 Å². The van der Waals surface area contributed by atoms with Gasteiger partial charge in [0.1, 0.15) is 6.10 Å². The smallest absolute Gasteiger partial charge is 0.251 e. The average Bonchev–Trinajstić information content (AvgIpc) is 2.73. The minimum absolute atomic E-state index is 0.0177. The zero-order valence-corrected chi connectivity index (χ0v) is 17.4. The number of carbonyl (C=O) groups is 2. The number of rotatable bonds is 6. The van der Waals surface area contributed by atoms with Crippen molar-refractivity contribution < 1.29 is 19.1 Å². The van der Waals surface area contributed by atoms with Crippen LogP contribution in [0.2, 0.25) is 5.02 Å². The molecule has 0 aliphatic carbocycles. The molecule has 1 aliphatic rings. The van der Waals surface area contributed by atoms with Crippen molar-refractivity contribution in [2.24, 2.45) is 0 Å². The molecule has 7 heteroatoms. The third kappa shape index (κ3) is 5.64. The number of likely N-dealkylation sites (tertiary alicyclic amines) is 1. The van der Waals surface area contributed by atoms with Gasteiger partial charge in [-0.25, -0.2) is 0 Å². The molecule has 29 heavy (non-hydrogen) atoms. The Labute approximate surface area is 175 Å². The lowest BCUT2D eigenvalue weighted by Crippen LogP contribution is -2.40. The van der Waals surface area contributed by atoms with E-state index in [4.69, 9.17) is 21.1 Å². The van der Waals surface area contributed by atoms with E-state index in [1.54, 1.807) is 44.4 Å². The van der Waals surface area contributed by atoms with Crippen LogP contribution in [0.15, 0.2) is 42.5 Å². The van der Waals surface area contributed by atoms with Crippen molar-refractivity contribution in [1.82, 2.24) is 10.2 Å². The predicted octanol–water partition coefficient (Wildman–Crippen LogP) is 3.67. The second kappa shape index (κ2) is 9.65. The van der Waals surface area contributed by atoms with E-state index in [1.807, 2.05) is 17.0 Å². The average molecular weight is 417 g/mol. The Bertz CT molecular complexity index is 862.